The van der Waals surface area contributed by atoms with Crippen molar-refractivity contribution >= 4 is 5.97 Å². The highest BCUT2D eigenvalue weighted by Crippen LogP contribution is 2.42. The number of unbranched alkanes of at least 4 members (excludes halogenated alkanes) is 2. The number of nitrogens with one attached hydrogen (secondary N) is 1. The van der Waals surface area contributed by atoms with Crippen LogP contribution in [0.25, 0.3) is 0 Å². The molecule has 1 saturated heterocycles. The molecule has 0 spiro atoms. The number of phenols is 2. The summed E-state index contributed by atoms with van der Waals surface area (Å²) < 4.78 is 0. The van der Waals surface area contributed by atoms with Crippen LogP contribution < -0.4 is 5.32 Å². The Balaban J connectivity index is 2.35. The van der Waals surface area contributed by atoms with Crippen LogP contribution in [0.5, 0.6) is 11.5 Å². The van der Waals surface area contributed by atoms with Crippen LogP contribution >= 0.6 is 0 Å². The smallest absolute Gasteiger partial charge is 0.307 e. The summed E-state index contributed by atoms with van der Waals surface area (Å²) in [5.74, 6) is -0.640. The third kappa shape index (κ3) is 6.63. The predicted molar refractivity (Wildman–Crippen MR) is 121 cm³/mol. The molecule has 1 fully saturated rings. The van der Waals surface area contributed by atoms with E-state index >= 15 is 0 Å². The van der Waals surface area contributed by atoms with Crippen LogP contribution in [-0.4, -0.2) is 27.3 Å². The monoisotopic (exact) mass is 415 g/mol. The normalized spacial score (nSPS) is 18.7. The number of carboxylic acids is 1. The number of aryl methyl sites for hydroxylation is 1. The lowest BCUT2D eigenvalue weighted by Gasteiger charge is -2.37. The zero-order valence-corrected chi connectivity index (χ0v) is 18.8. The first kappa shape index (κ1) is 24.0. The molecule has 0 amide bonds. The third-order valence-corrected chi connectivity index (χ3v) is 5.73. The molecule has 1 aromatic rings. The third-order valence-electron chi connectivity index (χ3n) is 5.73. The first-order valence-electron chi connectivity index (χ1n) is 11.1. The molecule has 0 radical (unpaired) electrons. The summed E-state index contributed by atoms with van der Waals surface area (Å²) in [5, 5.41) is 34.4. The van der Waals surface area contributed by atoms with Crippen LogP contribution in [0.15, 0.2) is 29.4 Å². The Kier molecular flexibility index (Phi) is 8.97. The fourth-order valence-electron chi connectivity index (χ4n) is 4.01. The molecule has 2 rings (SSSR count). The van der Waals surface area contributed by atoms with E-state index in [4.69, 9.17) is 0 Å². The van der Waals surface area contributed by atoms with Crippen molar-refractivity contribution in [2.45, 2.75) is 91.1 Å². The number of rotatable bonds is 11. The standard InChI is InChI=1S/C25H37NO4/c1-5-6-7-8-19-15-22(27)20(25(30)24(19)21-13-17(4)26-21)12-11-18(14-23(28)29)10-9-16(2)3/h9,11,15,17,21,26-27,30H,5-8,10,12-14H2,1-4H3,(H,28,29)/b18-11+. The minimum atomic E-state index is -0.878. The SMILES string of the molecule is CCCCCc1cc(O)c(C/C=C(\CC=C(C)C)CC(=O)O)c(O)c1C1CC(C)N1. The van der Waals surface area contributed by atoms with Crippen LogP contribution in [0.1, 0.15) is 89.0 Å². The van der Waals surface area contributed by atoms with Gasteiger partial charge in [0.1, 0.15) is 11.5 Å². The van der Waals surface area contributed by atoms with Crippen molar-refractivity contribution in [1.29, 1.82) is 0 Å². The Labute approximate surface area is 180 Å². The molecule has 30 heavy (non-hydrogen) atoms. The lowest BCUT2D eigenvalue weighted by atomic mass is 9.84. The molecule has 4 N–H and O–H groups in total. The summed E-state index contributed by atoms with van der Waals surface area (Å²) in [7, 11) is 0. The molecule has 2 unspecified atom stereocenters. The van der Waals surface area contributed by atoms with E-state index in [0.717, 1.165) is 54.4 Å². The van der Waals surface area contributed by atoms with Crippen molar-refractivity contribution in [2.75, 3.05) is 0 Å². The van der Waals surface area contributed by atoms with E-state index in [-0.39, 0.29) is 24.0 Å². The highest BCUT2D eigenvalue weighted by molar-refractivity contribution is 5.70. The van der Waals surface area contributed by atoms with E-state index in [0.29, 0.717) is 24.4 Å². The van der Waals surface area contributed by atoms with Crippen molar-refractivity contribution in [3.05, 3.63) is 46.1 Å². The van der Waals surface area contributed by atoms with Gasteiger partial charge in [-0.15, -0.1) is 0 Å². The fourth-order valence-corrected chi connectivity index (χ4v) is 4.01. The second kappa shape index (κ2) is 11.2. The van der Waals surface area contributed by atoms with E-state index in [2.05, 4.69) is 19.2 Å². The zero-order chi connectivity index (χ0) is 22.3. The first-order valence-corrected chi connectivity index (χ1v) is 11.1. The number of aromatic hydroxyl groups is 2. The van der Waals surface area contributed by atoms with Gasteiger partial charge in [-0.1, -0.05) is 43.1 Å². The fraction of sp³-hybridized carbons (Fsp3) is 0.560. The Bertz CT molecular complexity index is 800. The molecule has 0 bridgehead atoms. The average Bonchev–Trinajstić information content (AvgIpc) is 2.63. The number of carbonyl (C=O) groups is 1. The summed E-state index contributed by atoms with van der Waals surface area (Å²) in [5.41, 5.74) is 4.28. The number of hydrogen-bond donors (Lipinski definition) is 4. The lowest BCUT2D eigenvalue weighted by molar-refractivity contribution is -0.136. The van der Waals surface area contributed by atoms with Crippen molar-refractivity contribution in [3.8, 4) is 11.5 Å². The molecule has 2 atom stereocenters. The predicted octanol–water partition coefficient (Wildman–Crippen LogP) is 5.55. The van der Waals surface area contributed by atoms with Gasteiger partial charge in [0.05, 0.1) is 6.42 Å². The van der Waals surface area contributed by atoms with Crippen molar-refractivity contribution in [2.24, 2.45) is 0 Å². The van der Waals surface area contributed by atoms with E-state index in [9.17, 15) is 20.1 Å². The van der Waals surface area contributed by atoms with Crippen LogP contribution in [0.4, 0.5) is 0 Å². The molecule has 1 aromatic carbocycles. The summed E-state index contributed by atoms with van der Waals surface area (Å²) >= 11 is 0. The van der Waals surface area contributed by atoms with E-state index in [1.807, 2.05) is 26.0 Å². The second-order valence-electron chi connectivity index (χ2n) is 8.73. The Morgan fingerprint density at radius 2 is 1.93 bits per heavy atom. The molecule has 0 aliphatic carbocycles. The van der Waals surface area contributed by atoms with Crippen LogP contribution in [0, 0.1) is 0 Å². The summed E-state index contributed by atoms with van der Waals surface area (Å²) in [6.45, 7) is 8.23. The van der Waals surface area contributed by atoms with Gasteiger partial charge >= 0.3 is 5.97 Å². The Morgan fingerprint density at radius 3 is 2.50 bits per heavy atom. The Morgan fingerprint density at radius 1 is 1.23 bits per heavy atom. The minimum absolute atomic E-state index is 0.0467. The van der Waals surface area contributed by atoms with E-state index in [1.54, 1.807) is 6.07 Å². The summed E-state index contributed by atoms with van der Waals surface area (Å²) in [6, 6.07) is 2.32. The summed E-state index contributed by atoms with van der Waals surface area (Å²) in [6.07, 6.45) is 9.69. The number of carboxylic acid groups (broad SMARTS) is 1. The van der Waals surface area contributed by atoms with Gasteiger partial charge in [-0.2, -0.15) is 0 Å². The highest BCUT2D eigenvalue weighted by atomic mass is 16.4. The highest BCUT2D eigenvalue weighted by Gasteiger charge is 2.31. The van der Waals surface area contributed by atoms with Gasteiger partial charge in [-0.25, -0.2) is 0 Å². The van der Waals surface area contributed by atoms with Crippen molar-refractivity contribution in [3.63, 3.8) is 0 Å². The topological polar surface area (TPSA) is 89.8 Å². The van der Waals surface area contributed by atoms with Crippen LogP contribution in [0.3, 0.4) is 0 Å². The van der Waals surface area contributed by atoms with E-state index in [1.165, 1.54) is 0 Å². The maximum atomic E-state index is 11.2. The number of allylic oxidation sites excluding steroid dienone is 3. The molecule has 1 aliphatic rings. The maximum Gasteiger partial charge on any atom is 0.307 e. The number of benzene rings is 1. The van der Waals surface area contributed by atoms with Crippen molar-refractivity contribution < 1.29 is 20.1 Å². The molecule has 1 heterocycles. The quantitative estimate of drug-likeness (QED) is 0.281. The lowest BCUT2D eigenvalue weighted by Crippen LogP contribution is -2.44. The van der Waals surface area contributed by atoms with Gasteiger partial charge in [0, 0.05) is 23.2 Å². The first-order chi connectivity index (χ1) is 14.2. The number of phenolic OH excluding ortho intramolecular Hbond substituents is 2. The van der Waals surface area contributed by atoms with Gasteiger partial charge in [0.15, 0.2) is 0 Å². The van der Waals surface area contributed by atoms with Gasteiger partial charge in [-0.05, 0) is 64.5 Å². The average molecular weight is 416 g/mol. The number of hydrogen-bond acceptors (Lipinski definition) is 4. The number of aliphatic carboxylic acids is 1. The van der Waals surface area contributed by atoms with Gasteiger partial charge in [-0.3, -0.25) is 4.79 Å². The summed E-state index contributed by atoms with van der Waals surface area (Å²) in [4.78, 5) is 11.2. The van der Waals surface area contributed by atoms with Crippen LogP contribution in [-0.2, 0) is 17.6 Å². The zero-order valence-electron chi connectivity index (χ0n) is 18.8. The molecule has 5 nitrogen and oxygen atoms in total. The Hall–Kier alpha value is -2.27. The largest absolute Gasteiger partial charge is 0.508 e. The molecule has 5 heteroatoms. The van der Waals surface area contributed by atoms with Crippen LogP contribution in [0.2, 0.25) is 0 Å². The molecule has 0 aromatic heterocycles. The molecule has 0 saturated carbocycles. The van der Waals surface area contributed by atoms with Gasteiger partial charge < -0.3 is 20.6 Å². The van der Waals surface area contributed by atoms with Gasteiger partial charge in [0.25, 0.3) is 0 Å². The molecule has 166 valence electrons. The molecular weight excluding hydrogens is 378 g/mol. The maximum absolute atomic E-state index is 11.2. The minimum Gasteiger partial charge on any atom is -0.508 e. The van der Waals surface area contributed by atoms with Gasteiger partial charge in [0.2, 0.25) is 0 Å². The van der Waals surface area contributed by atoms with E-state index < -0.39 is 5.97 Å². The molecule has 1 aliphatic heterocycles. The van der Waals surface area contributed by atoms with Crippen molar-refractivity contribution in [1.82, 2.24) is 5.32 Å². The second-order valence-corrected chi connectivity index (χ2v) is 8.73. The molecular formula is C25H37NO4.